The molecule has 0 saturated heterocycles. The molecular formula is C29H35N3O4S. The zero-order valence-corrected chi connectivity index (χ0v) is 22.2. The topological polar surface area (TPSA) is 95.6 Å². The number of benzene rings is 3. The number of aryl methyl sites for hydroxylation is 1. The Hall–Kier alpha value is -3.49. The molecule has 3 aromatic rings. The molecule has 0 saturated carbocycles. The van der Waals surface area contributed by atoms with Crippen LogP contribution >= 0.6 is 0 Å². The normalized spacial score (nSPS) is 12.1. The number of amides is 2. The van der Waals surface area contributed by atoms with Crippen molar-refractivity contribution in [3.05, 3.63) is 102 Å². The van der Waals surface area contributed by atoms with Gasteiger partial charge >= 0.3 is 0 Å². The predicted molar refractivity (Wildman–Crippen MR) is 145 cm³/mol. The molecule has 0 unspecified atom stereocenters. The van der Waals surface area contributed by atoms with Gasteiger partial charge in [-0.25, -0.2) is 13.1 Å². The molecule has 3 rings (SSSR count). The molecule has 3 aromatic carbocycles. The number of carbonyl (C=O) groups is 2. The first-order valence-electron chi connectivity index (χ1n) is 12.6. The summed E-state index contributed by atoms with van der Waals surface area (Å²) in [5, 5.41) is 2.96. The number of sulfonamides is 1. The zero-order chi connectivity index (χ0) is 26.7. The standard InChI is InChI=1S/C29H35N3O4S/c1-3-21-30-29(34)28(25-13-9-6-10-14-25)32(22-24-11-7-5-8-12-24)27(33)20-17-23-15-18-26(19-16-23)37(35,36)31-4-2/h5-16,18-19,28,31H,3-4,17,20-22H2,1-2H3,(H,30,34)/t28-/m1/s1. The van der Waals surface area contributed by atoms with Crippen LogP contribution in [-0.2, 0) is 32.6 Å². The van der Waals surface area contributed by atoms with Gasteiger partial charge in [0.1, 0.15) is 6.04 Å². The van der Waals surface area contributed by atoms with Gasteiger partial charge in [-0.1, -0.05) is 86.6 Å². The van der Waals surface area contributed by atoms with E-state index in [1.807, 2.05) is 67.6 Å². The molecule has 0 aromatic heterocycles. The van der Waals surface area contributed by atoms with Crippen LogP contribution in [0.1, 0.15) is 49.4 Å². The van der Waals surface area contributed by atoms with Crippen molar-refractivity contribution in [2.45, 2.75) is 50.6 Å². The molecule has 0 aliphatic heterocycles. The second-order valence-electron chi connectivity index (χ2n) is 8.76. The third-order valence-electron chi connectivity index (χ3n) is 5.94. The van der Waals surface area contributed by atoms with Gasteiger partial charge in [-0.2, -0.15) is 0 Å². The number of nitrogens with one attached hydrogen (secondary N) is 2. The van der Waals surface area contributed by atoms with E-state index >= 15 is 0 Å². The van der Waals surface area contributed by atoms with E-state index in [4.69, 9.17) is 0 Å². The minimum atomic E-state index is -3.54. The van der Waals surface area contributed by atoms with Crippen LogP contribution in [0.3, 0.4) is 0 Å². The van der Waals surface area contributed by atoms with E-state index in [1.54, 1.807) is 36.1 Å². The molecule has 2 amide bonds. The van der Waals surface area contributed by atoms with Gasteiger partial charge in [0, 0.05) is 26.1 Å². The number of nitrogens with zero attached hydrogens (tertiary/aromatic N) is 1. The Balaban J connectivity index is 1.85. The van der Waals surface area contributed by atoms with E-state index < -0.39 is 16.1 Å². The summed E-state index contributed by atoms with van der Waals surface area (Å²) in [5.41, 5.74) is 2.52. The van der Waals surface area contributed by atoms with E-state index in [1.165, 1.54) is 0 Å². The monoisotopic (exact) mass is 521 g/mol. The highest BCUT2D eigenvalue weighted by atomic mass is 32.2. The quantitative estimate of drug-likeness (QED) is 0.352. The maximum absolute atomic E-state index is 13.7. The minimum absolute atomic E-state index is 0.159. The Kier molecular flexibility index (Phi) is 10.4. The van der Waals surface area contributed by atoms with Crippen LogP contribution in [0.25, 0.3) is 0 Å². The Labute approximate surface area is 220 Å². The lowest BCUT2D eigenvalue weighted by molar-refractivity contribution is -0.141. The van der Waals surface area contributed by atoms with E-state index in [2.05, 4.69) is 10.0 Å². The minimum Gasteiger partial charge on any atom is -0.354 e. The summed E-state index contributed by atoms with van der Waals surface area (Å²) in [4.78, 5) is 28.8. The number of hydrogen-bond donors (Lipinski definition) is 2. The number of hydrogen-bond acceptors (Lipinski definition) is 4. The Morgan fingerprint density at radius 2 is 1.46 bits per heavy atom. The highest BCUT2D eigenvalue weighted by Gasteiger charge is 2.31. The Morgan fingerprint density at radius 1 is 0.838 bits per heavy atom. The average molecular weight is 522 g/mol. The predicted octanol–water partition coefficient (Wildman–Crippen LogP) is 4.21. The van der Waals surface area contributed by atoms with Crippen molar-refractivity contribution in [1.29, 1.82) is 0 Å². The van der Waals surface area contributed by atoms with Gasteiger partial charge in [-0.15, -0.1) is 0 Å². The van der Waals surface area contributed by atoms with Crippen LogP contribution < -0.4 is 10.0 Å². The lowest BCUT2D eigenvalue weighted by Gasteiger charge is -2.32. The lowest BCUT2D eigenvalue weighted by Crippen LogP contribution is -2.43. The summed E-state index contributed by atoms with van der Waals surface area (Å²) in [6.45, 7) is 4.84. The van der Waals surface area contributed by atoms with E-state index in [-0.39, 0.29) is 23.1 Å². The molecule has 0 aliphatic carbocycles. The van der Waals surface area contributed by atoms with Crippen LogP contribution in [0, 0.1) is 0 Å². The van der Waals surface area contributed by atoms with Crippen LogP contribution in [0.4, 0.5) is 0 Å². The van der Waals surface area contributed by atoms with E-state index in [0.29, 0.717) is 26.1 Å². The van der Waals surface area contributed by atoms with Crippen molar-refractivity contribution in [2.24, 2.45) is 0 Å². The number of carbonyl (C=O) groups excluding carboxylic acids is 2. The highest BCUT2D eigenvalue weighted by Crippen LogP contribution is 2.25. The molecule has 0 heterocycles. The second kappa shape index (κ2) is 13.7. The Morgan fingerprint density at radius 3 is 2.05 bits per heavy atom. The molecule has 8 heteroatoms. The van der Waals surface area contributed by atoms with Gasteiger partial charge in [-0.3, -0.25) is 9.59 Å². The molecule has 0 fully saturated rings. The molecule has 0 bridgehead atoms. The van der Waals surface area contributed by atoms with Gasteiger partial charge in [0.25, 0.3) is 0 Å². The van der Waals surface area contributed by atoms with Crippen molar-refractivity contribution >= 4 is 21.8 Å². The maximum atomic E-state index is 13.7. The first-order valence-corrected chi connectivity index (χ1v) is 14.1. The molecule has 7 nitrogen and oxygen atoms in total. The lowest BCUT2D eigenvalue weighted by atomic mass is 10.0. The zero-order valence-electron chi connectivity index (χ0n) is 21.4. The molecule has 0 aliphatic rings. The van der Waals surface area contributed by atoms with Crippen LogP contribution in [-0.4, -0.2) is 38.2 Å². The molecule has 37 heavy (non-hydrogen) atoms. The van der Waals surface area contributed by atoms with Crippen molar-refractivity contribution in [3.8, 4) is 0 Å². The molecule has 0 spiro atoms. The van der Waals surface area contributed by atoms with Gasteiger partial charge in [0.2, 0.25) is 21.8 Å². The molecule has 1 atom stereocenters. The van der Waals surface area contributed by atoms with Crippen LogP contribution in [0.5, 0.6) is 0 Å². The average Bonchev–Trinajstić information content (AvgIpc) is 2.91. The maximum Gasteiger partial charge on any atom is 0.247 e. The third kappa shape index (κ3) is 8.00. The fraction of sp³-hybridized carbons (Fsp3) is 0.310. The number of rotatable bonds is 13. The summed E-state index contributed by atoms with van der Waals surface area (Å²) in [7, 11) is -3.54. The second-order valence-corrected chi connectivity index (χ2v) is 10.5. The summed E-state index contributed by atoms with van der Waals surface area (Å²) >= 11 is 0. The van der Waals surface area contributed by atoms with Gasteiger partial charge < -0.3 is 10.2 Å². The largest absolute Gasteiger partial charge is 0.354 e. The fourth-order valence-electron chi connectivity index (χ4n) is 4.06. The van der Waals surface area contributed by atoms with Crippen molar-refractivity contribution in [3.63, 3.8) is 0 Å². The van der Waals surface area contributed by atoms with Crippen molar-refractivity contribution in [2.75, 3.05) is 13.1 Å². The summed E-state index contributed by atoms with van der Waals surface area (Å²) in [6.07, 6.45) is 1.39. The van der Waals surface area contributed by atoms with Crippen LogP contribution in [0.2, 0.25) is 0 Å². The van der Waals surface area contributed by atoms with Crippen molar-refractivity contribution < 1.29 is 18.0 Å². The summed E-state index contributed by atoms with van der Waals surface area (Å²) in [5.74, 6) is -0.371. The summed E-state index contributed by atoms with van der Waals surface area (Å²) in [6, 6.07) is 24.7. The van der Waals surface area contributed by atoms with E-state index in [0.717, 1.165) is 23.1 Å². The van der Waals surface area contributed by atoms with Crippen molar-refractivity contribution in [1.82, 2.24) is 14.9 Å². The Bertz CT molecular complexity index is 1250. The molecule has 2 N–H and O–H groups in total. The highest BCUT2D eigenvalue weighted by molar-refractivity contribution is 7.89. The third-order valence-corrected chi connectivity index (χ3v) is 7.50. The fourth-order valence-corrected chi connectivity index (χ4v) is 5.10. The molecule has 196 valence electrons. The van der Waals surface area contributed by atoms with Gasteiger partial charge in [-0.05, 0) is 41.7 Å². The first-order chi connectivity index (χ1) is 17.9. The van der Waals surface area contributed by atoms with E-state index in [9.17, 15) is 18.0 Å². The van der Waals surface area contributed by atoms with Gasteiger partial charge in [0.05, 0.1) is 4.90 Å². The smallest absolute Gasteiger partial charge is 0.247 e. The summed E-state index contributed by atoms with van der Waals surface area (Å²) < 4.78 is 26.9. The SMILES string of the molecule is CCCNC(=O)[C@@H](c1ccccc1)N(Cc1ccccc1)C(=O)CCc1ccc(S(=O)(=O)NCC)cc1. The van der Waals surface area contributed by atoms with Gasteiger partial charge in [0.15, 0.2) is 0 Å². The van der Waals surface area contributed by atoms with Crippen LogP contribution in [0.15, 0.2) is 89.8 Å². The molecular weight excluding hydrogens is 486 g/mol. The molecule has 0 radical (unpaired) electrons. The first kappa shape index (κ1) is 28.1.